The summed E-state index contributed by atoms with van der Waals surface area (Å²) in [5.41, 5.74) is 4.52. The third-order valence-electron chi connectivity index (χ3n) is 6.01. The van der Waals surface area contributed by atoms with E-state index in [4.69, 9.17) is 16.3 Å². The zero-order valence-corrected chi connectivity index (χ0v) is 21.1. The number of sulfonamides is 1. The Labute approximate surface area is 196 Å². The van der Waals surface area contributed by atoms with E-state index in [2.05, 4.69) is 32.9 Å². The second-order valence-electron chi connectivity index (χ2n) is 9.52. The normalized spacial score (nSPS) is 15.6. The number of carbonyl (C=O) groups excluding carboxylic acids is 1. The molecule has 2 aromatic rings. The number of esters is 1. The number of hydrogen-bond donors (Lipinski definition) is 0. The van der Waals surface area contributed by atoms with Gasteiger partial charge in [0, 0.05) is 13.1 Å². The van der Waals surface area contributed by atoms with Crippen molar-refractivity contribution in [3.63, 3.8) is 0 Å². The summed E-state index contributed by atoms with van der Waals surface area (Å²) >= 11 is 6.21. The fraction of sp³-hybridized carbons (Fsp3) is 0.480. The maximum Gasteiger partial charge on any atom is 0.338 e. The molecule has 7 heteroatoms. The molecule has 3 rings (SSSR count). The number of piperidine rings is 1. The molecule has 1 saturated heterocycles. The van der Waals surface area contributed by atoms with Crippen molar-refractivity contribution < 1.29 is 17.9 Å². The van der Waals surface area contributed by atoms with E-state index in [-0.39, 0.29) is 27.5 Å². The Morgan fingerprint density at radius 2 is 1.62 bits per heavy atom. The summed E-state index contributed by atoms with van der Waals surface area (Å²) in [6, 6.07) is 8.53. The van der Waals surface area contributed by atoms with Crippen LogP contribution in [0.5, 0.6) is 0 Å². The Hall–Kier alpha value is -1.89. The van der Waals surface area contributed by atoms with Gasteiger partial charge in [-0.1, -0.05) is 50.9 Å². The average molecular weight is 478 g/mol. The van der Waals surface area contributed by atoms with Crippen molar-refractivity contribution in [1.29, 1.82) is 0 Å². The van der Waals surface area contributed by atoms with E-state index in [0.29, 0.717) is 13.1 Å². The third kappa shape index (κ3) is 5.36. The lowest BCUT2D eigenvalue weighted by molar-refractivity contribution is 0.0471. The first-order valence-corrected chi connectivity index (χ1v) is 12.8. The largest absolute Gasteiger partial charge is 0.457 e. The van der Waals surface area contributed by atoms with E-state index in [1.165, 1.54) is 28.1 Å². The highest BCUT2D eigenvalue weighted by Gasteiger charge is 2.29. The lowest BCUT2D eigenvalue weighted by atomic mass is 9.84. The molecule has 0 aromatic heterocycles. The molecule has 0 N–H and O–H groups in total. The van der Waals surface area contributed by atoms with Gasteiger partial charge in [0.1, 0.15) is 11.5 Å². The fourth-order valence-electron chi connectivity index (χ4n) is 3.95. The molecule has 0 radical (unpaired) electrons. The van der Waals surface area contributed by atoms with E-state index in [1.54, 1.807) is 0 Å². The number of carbonyl (C=O) groups is 1. The molecule has 32 heavy (non-hydrogen) atoms. The van der Waals surface area contributed by atoms with Crippen molar-refractivity contribution >= 4 is 27.6 Å². The molecule has 1 aliphatic rings. The first kappa shape index (κ1) is 24.7. The Kier molecular flexibility index (Phi) is 7.38. The molecule has 0 aliphatic carbocycles. The highest BCUT2D eigenvalue weighted by atomic mass is 35.5. The Morgan fingerprint density at radius 1 is 1.03 bits per heavy atom. The van der Waals surface area contributed by atoms with Crippen molar-refractivity contribution in [1.82, 2.24) is 4.31 Å². The quantitative estimate of drug-likeness (QED) is 0.511. The summed E-state index contributed by atoms with van der Waals surface area (Å²) in [6.07, 6.45) is 2.66. The maximum atomic E-state index is 13.1. The summed E-state index contributed by atoms with van der Waals surface area (Å²) in [4.78, 5) is 12.7. The second-order valence-corrected chi connectivity index (χ2v) is 11.8. The molecule has 0 unspecified atom stereocenters. The molecule has 1 aliphatic heterocycles. The van der Waals surface area contributed by atoms with Crippen LogP contribution in [0.4, 0.5) is 0 Å². The van der Waals surface area contributed by atoms with Crippen molar-refractivity contribution in [2.45, 2.75) is 70.8 Å². The number of benzene rings is 2. The van der Waals surface area contributed by atoms with E-state index >= 15 is 0 Å². The van der Waals surface area contributed by atoms with Crippen LogP contribution in [0.2, 0.25) is 5.02 Å². The van der Waals surface area contributed by atoms with Crippen molar-refractivity contribution in [3.8, 4) is 0 Å². The van der Waals surface area contributed by atoms with Gasteiger partial charge in [-0.2, -0.15) is 4.31 Å². The van der Waals surface area contributed by atoms with Crippen LogP contribution in [0.15, 0.2) is 35.2 Å². The van der Waals surface area contributed by atoms with E-state index in [0.717, 1.165) is 36.0 Å². The molecule has 1 fully saturated rings. The number of aryl methyl sites for hydroxylation is 2. The van der Waals surface area contributed by atoms with Crippen molar-refractivity contribution in [2.24, 2.45) is 0 Å². The number of hydrogen-bond acceptors (Lipinski definition) is 4. The predicted molar refractivity (Wildman–Crippen MR) is 128 cm³/mol. The molecule has 0 atom stereocenters. The van der Waals surface area contributed by atoms with Gasteiger partial charge in [0.15, 0.2) is 0 Å². The Bertz CT molecular complexity index is 1090. The van der Waals surface area contributed by atoms with Crippen molar-refractivity contribution in [3.05, 3.63) is 63.2 Å². The van der Waals surface area contributed by atoms with E-state index < -0.39 is 16.0 Å². The minimum atomic E-state index is -3.75. The van der Waals surface area contributed by atoms with Crippen LogP contribution in [-0.4, -0.2) is 31.8 Å². The van der Waals surface area contributed by atoms with E-state index in [1.807, 2.05) is 13.8 Å². The van der Waals surface area contributed by atoms with Crippen molar-refractivity contribution in [2.75, 3.05) is 13.1 Å². The highest BCUT2D eigenvalue weighted by Crippen LogP contribution is 2.29. The highest BCUT2D eigenvalue weighted by molar-refractivity contribution is 7.89. The smallest absolute Gasteiger partial charge is 0.338 e. The second kappa shape index (κ2) is 9.54. The maximum absolute atomic E-state index is 13.1. The molecule has 0 bridgehead atoms. The van der Waals surface area contributed by atoms with E-state index in [9.17, 15) is 13.2 Å². The van der Waals surface area contributed by atoms with Gasteiger partial charge < -0.3 is 4.74 Å². The van der Waals surface area contributed by atoms with Crippen LogP contribution in [0.1, 0.15) is 72.6 Å². The zero-order valence-electron chi connectivity index (χ0n) is 19.5. The molecule has 2 aromatic carbocycles. The molecule has 0 amide bonds. The minimum absolute atomic E-state index is 0.0320. The van der Waals surface area contributed by atoms with Gasteiger partial charge in [-0.15, -0.1) is 0 Å². The molecule has 0 saturated carbocycles. The summed E-state index contributed by atoms with van der Waals surface area (Å²) in [7, 11) is -3.75. The van der Waals surface area contributed by atoms with Gasteiger partial charge in [-0.3, -0.25) is 0 Å². The summed E-state index contributed by atoms with van der Waals surface area (Å²) in [5, 5.41) is 0.108. The summed E-state index contributed by atoms with van der Waals surface area (Å²) < 4.78 is 33.1. The molecular formula is C25H32ClNO4S. The minimum Gasteiger partial charge on any atom is -0.457 e. The van der Waals surface area contributed by atoms with Crippen LogP contribution in [0, 0.1) is 13.8 Å². The first-order valence-electron chi connectivity index (χ1n) is 11.0. The topological polar surface area (TPSA) is 63.7 Å². The number of halogens is 1. The fourth-order valence-corrected chi connectivity index (χ4v) is 5.96. The lowest BCUT2D eigenvalue weighted by Gasteiger charge is -2.26. The summed E-state index contributed by atoms with van der Waals surface area (Å²) in [5.74, 6) is -0.574. The predicted octanol–water partition coefficient (Wildman–Crippen LogP) is 5.79. The zero-order chi connectivity index (χ0) is 23.7. The number of ether oxygens (including phenoxy) is 1. The van der Waals surface area contributed by atoms with Gasteiger partial charge in [-0.05, 0) is 72.6 Å². The number of nitrogens with zero attached hydrogens (tertiary/aromatic N) is 1. The molecule has 174 valence electrons. The Morgan fingerprint density at radius 3 is 2.19 bits per heavy atom. The molecule has 1 heterocycles. The lowest BCUT2D eigenvalue weighted by Crippen LogP contribution is -2.35. The number of rotatable bonds is 5. The van der Waals surface area contributed by atoms with Crippen LogP contribution in [0.25, 0.3) is 0 Å². The van der Waals surface area contributed by atoms with Gasteiger partial charge in [0.2, 0.25) is 10.0 Å². The van der Waals surface area contributed by atoms with Gasteiger partial charge >= 0.3 is 5.97 Å². The monoisotopic (exact) mass is 477 g/mol. The van der Waals surface area contributed by atoms with Crippen LogP contribution in [-0.2, 0) is 26.8 Å². The van der Waals surface area contributed by atoms with Crippen LogP contribution in [0.3, 0.4) is 0 Å². The average Bonchev–Trinajstić information content (AvgIpc) is 2.73. The molecular weight excluding hydrogens is 446 g/mol. The summed E-state index contributed by atoms with van der Waals surface area (Å²) in [6.45, 7) is 11.6. The van der Waals surface area contributed by atoms with Crippen LogP contribution < -0.4 is 0 Å². The van der Waals surface area contributed by atoms with Gasteiger partial charge in [0.05, 0.1) is 10.6 Å². The SMILES string of the molecule is Cc1cc(C(C)(C)C)cc(C)c1COC(=O)c1ccc(Cl)c(S(=O)(=O)N2CCCCC2)c1. The standard InChI is InChI=1S/C25H32ClNO4S/c1-17-13-20(25(3,4)5)14-18(2)21(17)16-31-24(28)19-9-10-22(26)23(15-19)32(29,30)27-11-7-6-8-12-27/h9-10,13-15H,6-8,11-12,16H2,1-5H3. The Balaban J connectivity index is 1.80. The third-order valence-corrected chi connectivity index (χ3v) is 8.39. The first-order chi connectivity index (χ1) is 14.9. The van der Waals surface area contributed by atoms with Gasteiger partial charge in [0.25, 0.3) is 0 Å². The van der Waals surface area contributed by atoms with Crippen LogP contribution >= 0.6 is 11.6 Å². The molecule has 0 spiro atoms. The van der Waals surface area contributed by atoms with Gasteiger partial charge in [-0.25, -0.2) is 13.2 Å². The molecule has 5 nitrogen and oxygen atoms in total.